The van der Waals surface area contributed by atoms with Gasteiger partial charge in [0.1, 0.15) is 11.6 Å². The van der Waals surface area contributed by atoms with Crippen LogP contribution in [0.5, 0.6) is 5.75 Å². The minimum atomic E-state index is -0.376. The number of para-hydroxylation sites is 1. The van der Waals surface area contributed by atoms with Crippen LogP contribution in [0.25, 0.3) is 0 Å². The second-order valence-electron chi connectivity index (χ2n) is 7.47. The van der Waals surface area contributed by atoms with Crippen molar-refractivity contribution in [3.8, 4) is 5.75 Å². The van der Waals surface area contributed by atoms with Crippen LogP contribution in [-0.4, -0.2) is 65.7 Å². The molecule has 3 rings (SSSR count). The second kappa shape index (κ2) is 10.7. The van der Waals surface area contributed by atoms with Crippen LogP contribution in [-0.2, 0) is 11.2 Å². The van der Waals surface area contributed by atoms with Crippen LogP contribution in [0.3, 0.4) is 0 Å². The third kappa shape index (κ3) is 6.11. The maximum Gasteiger partial charge on any atom is 0.254 e. The summed E-state index contributed by atoms with van der Waals surface area (Å²) in [5.41, 5.74) is 4.34. The van der Waals surface area contributed by atoms with E-state index >= 15 is 0 Å². The number of nitrogens with zero attached hydrogens (tertiary/aromatic N) is 3. The second-order valence-corrected chi connectivity index (χ2v) is 7.47. The molecule has 0 radical (unpaired) electrons. The number of hydrazone groups is 1. The van der Waals surface area contributed by atoms with Crippen molar-refractivity contribution < 1.29 is 19.1 Å². The van der Waals surface area contributed by atoms with Crippen LogP contribution in [0.4, 0.5) is 4.39 Å². The topological polar surface area (TPSA) is 85.2 Å². The lowest BCUT2D eigenvalue weighted by atomic mass is 10.1. The molecule has 2 aromatic rings. The average molecular weight is 426 g/mol. The fourth-order valence-corrected chi connectivity index (χ4v) is 3.48. The standard InChI is InChI=1S/C23H27FN4O3/c1-2-4-17-5-3-6-19(22(17)30)15-25-26-21(29)16-27-11-13-28(14-12-27)23(31)18-7-9-20(24)10-8-18/h3,5-10,15,30H,2,4,11-14,16H2,1H3,(H,26,29)/b25-15-. The van der Waals surface area contributed by atoms with Crippen LogP contribution in [0, 0.1) is 5.82 Å². The number of carbonyl (C=O) groups is 2. The van der Waals surface area contributed by atoms with Crippen molar-refractivity contribution in [2.24, 2.45) is 5.10 Å². The molecule has 2 N–H and O–H groups in total. The molecule has 1 heterocycles. The fraction of sp³-hybridized carbons (Fsp3) is 0.348. The molecule has 1 fully saturated rings. The lowest BCUT2D eigenvalue weighted by molar-refractivity contribution is -0.122. The number of carbonyl (C=O) groups excluding carboxylic acids is 2. The Kier molecular flexibility index (Phi) is 7.72. The van der Waals surface area contributed by atoms with E-state index in [0.717, 1.165) is 18.4 Å². The van der Waals surface area contributed by atoms with Crippen molar-refractivity contribution in [1.82, 2.24) is 15.2 Å². The van der Waals surface area contributed by atoms with Crippen molar-refractivity contribution in [2.75, 3.05) is 32.7 Å². The summed E-state index contributed by atoms with van der Waals surface area (Å²) in [6.45, 7) is 4.31. The molecule has 7 nitrogen and oxygen atoms in total. The Hall–Kier alpha value is -3.26. The van der Waals surface area contributed by atoms with Crippen LogP contribution in [0.1, 0.15) is 34.8 Å². The quantitative estimate of drug-likeness (QED) is 0.526. The number of amides is 2. The third-order valence-electron chi connectivity index (χ3n) is 5.18. The molecule has 164 valence electrons. The van der Waals surface area contributed by atoms with Crippen molar-refractivity contribution in [1.29, 1.82) is 0 Å². The monoisotopic (exact) mass is 426 g/mol. The zero-order valence-electron chi connectivity index (χ0n) is 17.6. The predicted molar refractivity (Wildman–Crippen MR) is 117 cm³/mol. The Labute approximate surface area is 181 Å². The molecule has 0 atom stereocenters. The van der Waals surface area contributed by atoms with Crippen LogP contribution >= 0.6 is 0 Å². The Morgan fingerprint density at radius 3 is 2.52 bits per heavy atom. The summed E-state index contributed by atoms with van der Waals surface area (Å²) in [6, 6.07) is 11.0. The number of phenolic OH excluding ortho intramolecular Hbond substituents is 1. The summed E-state index contributed by atoms with van der Waals surface area (Å²) in [5, 5.41) is 14.2. The molecular weight excluding hydrogens is 399 g/mol. The molecule has 0 bridgehead atoms. The van der Waals surface area contributed by atoms with E-state index < -0.39 is 0 Å². The molecule has 0 saturated carbocycles. The van der Waals surface area contributed by atoms with Crippen LogP contribution < -0.4 is 5.43 Å². The lowest BCUT2D eigenvalue weighted by Gasteiger charge is -2.34. The highest BCUT2D eigenvalue weighted by Crippen LogP contribution is 2.22. The van der Waals surface area contributed by atoms with E-state index in [9.17, 15) is 19.1 Å². The van der Waals surface area contributed by atoms with Gasteiger partial charge in [-0.3, -0.25) is 14.5 Å². The van der Waals surface area contributed by atoms with Gasteiger partial charge in [-0.2, -0.15) is 5.10 Å². The van der Waals surface area contributed by atoms with Gasteiger partial charge in [-0.1, -0.05) is 25.5 Å². The van der Waals surface area contributed by atoms with Gasteiger partial charge in [0.15, 0.2) is 0 Å². The van der Waals surface area contributed by atoms with Gasteiger partial charge in [0.05, 0.1) is 12.8 Å². The first-order valence-corrected chi connectivity index (χ1v) is 10.4. The van der Waals surface area contributed by atoms with E-state index in [1.54, 1.807) is 11.0 Å². The smallest absolute Gasteiger partial charge is 0.254 e. The molecule has 0 spiro atoms. The first-order valence-electron chi connectivity index (χ1n) is 10.4. The van der Waals surface area contributed by atoms with Gasteiger partial charge in [-0.25, -0.2) is 9.82 Å². The zero-order valence-corrected chi connectivity index (χ0v) is 17.6. The number of phenols is 1. The predicted octanol–water partition coefficient (Wildman–Crippen LogP) is 2.39. The highest BCUT2D eigenvalue weighted by molar-refractivity contribution is 5.94. The maximum atomic E-state index is 13.0. The number of aromatic hydroxyl groups is 1. The van der Waals surface area contributed by atoms with Gasteiger partial charge in [0.25, 0.3) is 11.8 Å². The Morgan fingerprint density at radius 2 is 1.84 bits per heavy atom. The molecule has 1 aliphatic heterocycles. The number of aryl methyl sites for hydroxylation is 1. The number of nitrogens with one attached hydrogen (secondary N) is 1. The summed E-state index contributed by atoms with van der Waals surface area (Å²) >= 11 is 0. The molecule has 2 aromatic carbocycles. The molecule has 8 heteroatoms. The number of rotatable bonds is 7. The van der Waals surface area contributed by atoms with Crippen molar-refractivity contribution in [3.63, 3.8) is 0 Å². The van der Waals surface area contributed by atoms with Gasteiger partial charge < -0.3 is 10.0 Å². The zero-order chi connectivity index (χ0) is 22.2. The first-order chi connectivity index (χ1) is 15.0. The maximum absolute atomic E-state index is 13.0. The first kappa shape index (κ1) is 22.4. The molecule has 1 aliphatic rings. The lowest BCUT2D eigenvalue weighted by Crippen LogP contribution is -2.50. The Balaban J connectivity index is 1.45. The molecule has 2 amide bonds. The van der Waals surface area contributed by atoms with Crippen molar-refractivity contribution in [2.45, 2.75) is 19.8 Å². The van der Waals surface area contributed by atoms with Crippen LogP contribution in [0.15, 0.2) is 47.6 Å². The molecular formula is C23H27FN4O3. The molecule has 0 aromatic heterocycles. The van der Waals surface area contributed by atoms with E-state index in [-0.39, 0.29) is 29.9 Å². The Bertz CT molecular complexity index is 938. The van der Waals surface area contributed by atoms with E-state index in [2.05, 4.69) is 10.5 Å². The number of halogens is 1. The number of hydrogen-bond donors (Lipinski definition) is 2. The molecule has 31 heavy (non-hydrogen) atoms. The van der Waals surface area contributed by atoms with E-state index in [1.807, 2.05) is 24.0 Å². The minimum absolute atomic E-state index is 0.140. The van der Waals surface area contributed by atoms with Gasteiger partial charge in [-0.05, 0) is 42.3 Å². The highest BCUT2D eigenvalue weighted by atomic mass is 19.1. The van der Waals surface area contributed by atoms with E-state index in [0.29, 0.717) is 37.3 Å². The summed E-state index contributed by atoms with van der Waals surface area (Å²) in [7, 11) is 0. The third-order valence-corrected chi connectivity index (χ3v) is 5.18. The number of hydrogen-bond acceptors (Lipinski definition) is 5. The van der Waals surface area contributed by atoms with Gasteiger partial charge in [0.2, 0.25) is 0 Å². The van der Waals surface area contributed by atoms with E-state index in [1.165, 1.54) is 30.5 Å². The number of benzene rings is 2. The summed E-state index contributed by atoms with van der Waals surface area (Å²) in [4.78, 5) is 28.3. The average Bonchev–Trinajstić information content (AvgIpc) is 2.77. The summed E-state index contributed by atoms with van der Waals surface area (Å²) in [5.74, 6) is -0.596. The highest BCUT2D eigenvalue weighted by Gasteiger charge is 2.23. The van der Waals surface area contributed by atoms with E-state index in [4.69, 9.17) is 0 Å². The van der Waals surface area contributed by atoms with Crippen LogP contribution in [0.2, 0.25) is 0 Å². The van der Waals surface area contributed by atoms with Gasteiger partial charge >= 0.3 is 0 Å². The SMILES string of the molecule is CCCc1cccc(/C=N\NC(=O)CN2CCN(C(=O)c3ccc(F)cc3)CC2)c1O. The molecule has 0 aliphatic carbocycles. The minimum Gasteiger partial charge on any atom is -0.507 e. The molecule has 0 unspecified atom stereocenters. The van der Waals surface area contributed by atoms with Crippen molar-refractivity contribution in [3.05, 3.63) is 65.0 Å². The van der Waals surface area contributed by atoms with Gasteiger partial charge in [0, 0.05) is 37.3 Å². The normalized spacial score (nSPS) is 14.7. The van der Waals surface area contributed by atoms with Crippen molar-refractivity contribution >= 4 is 18.0 Å². The van der Waals surface area contributed by atoms with Gasteiger partial charge in [-0.15, -0.1) is 0 Å². The largest absolute Gasteiger partial charge is 0.507 e. The number of piperazine rings is 1. The summed E-state index contributed by atoms with van der Waals surface area (Å²) < 4.78 is 13.0. The molecule has 1 saturated heterocycles. The Morgan fingerprint density at radius 1 is 1.13 bits per heavy atom. The fourth-order valence-electron chi connectivity index (χ4n) is 3.48. The summed E-state index contributed by atoms with van der Waals surface area (Å²) in [6.07, 6.45) is 3.13.